The SMILES string of the molecule is Cc1cc(O)c([N+](=O)[O-])cc1S(=O)(=O)Nc1cccnc1-n1cncn1. The summed E-state index contributed by atoms with van der Waals surface area (Å²) in [5, 5.41) is 24.5. The van der Waals surface area contributed by atoms with Crippen LogP contribution in [0, 0.1) is 17.0 Å². The topological polar surface area (TPSA) is 153 Å². The molecule has 26 heavy (non-hydrogen) atoms. The van der Waals surface area contributed by atoms with E-state index in [-0.39, 0.29) is 22.0 Å². The minimum atomic E-state index is -4.20. The highest BCUT2D eigenvalue weighted by atomic mass is 32.2. The van der Waals surface area contributed by atoms with E-state index in [1.54, 1.807) is 0 Å². The molecule has 1 aromatic carbocycles. The zero-order chi connectivity index (χ0) is 18.9. The number of pyridine rings is 1. The monoisotopic (exact) mass is 376 g/mol. The van der Waals surface area contributed by atoms with Gasteiger partial charge in [0, 0.05) is 12.3 Å². The summed E-state index contributed by atoms with van der Waals surface area (Å²) in [6.45, 7) is 1.42. The third-order valence-electron chi connectivity index (χ3n) is 3.43. The summed E-state index contributed by atoms with van der Waals surface area (Å²) in [5.41, 5.74) is -0.460. The molecule has 134 valence electrons. The third-order valence-corrected chi connectivity index (χ3v) is 4.93. The van der Waals surface area contributed by atoms with Gasteiger partial charge in [0.2, 0.25) is 0 Å². The fourth-order valence-corrected chi connectivity index (χ4v) is 3.58. The Hall–Kier alpha value is -3.54. The number of benzene rings is 1. The highest BCUT2D eigenvalue weighted by Crippen LogP contribution is 2.32. The number of anilines is 1. The van der Waals surface area contributed by atoms with Crippen molar-refractivity contribution in [2.75, 3.05) is 4.72 Å². The van der Waals surface area contributed by atoms with Crippen LogP contribution in [0.15, 0.2) is 48.0 Å². The van der Waals surface area contributed by atoms with Gasteiger partial charge < -0.3 is 5.11 Å². The molecule has 12 heteroatoms. The Morgan fingerprint density at radius 2 is 2.12 bits per heavy atom. The molecule has 2 N–H and O–H groups in total. The molecule has 0 unspecified atom stereocenters. The maximum Gasteiger partial charge on any atom is 0.312 e. The fraction of sp³-hybridized carbons (Fsp3) is 0.0714. The molecule has 0 aliphatic carbocycles. The van der Waals surface area contributed by atoms with Crippen LogP contribution in [0.1, 0.15) is 5.56 Å². The number of rotatable bonds is 5. The maximum absolute atomic E-state index is 12.7. The number of nitro groups is 1. The van der Waals surface area contributed by atoms with E-state index in [4.69, 9.17) is 0 Å². The number of phenols is 1. The Bertz CT molecular complexity index is 1080. The second kappa shape index (κ2) is 6.40. The maximum atomic E-state index is 12.7. The van der Waals surface area contributed by atoms with Crippen LogP contribution < -0.4 is 4.72 Å². The Balaban J connectivity index is 2.07. The second-order valence-corrected chi connectivity index (χ2v) is 6.83. The second-order valence-electron chi connectivity index (χ2n) is 5.18. The smallest absolute Gasteiger partial charge is 0.312 e. The number of nitro benzene ring substituents is 1. The number of nitrogens with zero attached hydrogens (tertiary/aromatic N) is 5. The van der Waals surface area contributed by atoms with Crippen molar-refractivity contribution in [3.8, 4) is 11.6 Å². The molecule has 0 amide bonds. The lowest BCUT2D eigenvalue weighted by atomic mass is 10.2. The third kappa shape index (κ3) is 3.17. The number of nitrogens with one attached hydrogen (secondary N) is 1. The first kappa shape index (κ1) is 17.3. The molecule has 2 heterocycles. The van der Waals surface area contributed by atoms with Gasteiger partial charge in [0.1, 0.15) is 12.7 Å². The van der Waals surface area contributed by atoms with E-state index in [1.165, 1.54) is 42.6 Å². The molecule has 0 atom stereocenters. The molecule has 2 aromatic heterocycles. The van der Waals surface area contributed by atoms with Crippen molar-refractivity contribution < 1.29 is 18.4 Å². The van der Waals surface area contributed by atoms with Gasteiger partial charge in [0.15, 0.2) is 11.6 Å². The first-order valence-electron chi connectivity index (χ1n) is 7.10. The van der Waals surface area contributed by atoms with Gasteiger partial charge in [-0.2, -0.15) is 5.10 Å². The van der Waals surface area contributed by atoms with Crippen LogP contribution in [-0.4, -0.2) is 38.2 Å². The van der Waals surface area contributed by atoms with E-state index in [1.807, 2.05) is 0 Å². The lowest BCUT2D eigenvalue weighted by Crippen LogP contribution is -2.17. The number of hydrogen-bond donors (Lipinski definition) is 2. The summed E-state index contributed by atoms with van der Waals surface area (Å²) >= 11 is 0. The minimum Gasteiger partial charge on any atom is -0.502 e. The lowest BCUT2D eigenvalue weighted by Gasteiger charge is -2.13. The van der Waals surface area contributed by atoms with Crippen molar-refractivity contribution in [2.45, 2.75) is 11.8 Å². The number of phenolic OH excluding ortho intramolecular Hbond substituents is 1. The van der Waals surface area contributed by atoms with E-state index >= 15 is 0 Å². The van der Waals surface area contributed by atoms with Gasteiger partial charge in [-0.1, -0.05) is 0 Å². The van der Waals surface area contributed by atoms with Crippen molar-refractivity contribution in [3.63, 3.8) is 0 Å². The predicted molar refractivity (Wildman–Crippen MR) is 89.5 cm³/mol. The van der Waals surface area contributed by atoms with Crippen LogP contribution in [0.2, 0.25) is 0 Å². The molecule has 0 saturated carbocycles. The average molecular weight is 376 g/mol. The predicted octanol–water partition coefficient (Wildman–Crippen LogP) is 1.39. The van der Waals surface area contributed by atoms with Gasteiger partial charge in [0.25, 0.3) is 10.0 Å². The normalized spacial score (nSPS) is 11.3. The summed E-state index contributed by atoms with van der Waals surface area (Å²) in [4.78, 5) is 17.6. The van der Waals surface area contributed by atoms with E-state index in [0.29, 0.717) is 0 Å². The lowest BCUT2D eigenvalue weighted by molar-refractivity contribution is -0.386. The van der Waals surface area contributed by atoms with E-state index in [2.05, 4.69) is 19.8 Å². The molecule has 11 nitrogen and oxygen atoms in total. The summed E-state index contributed by atoms with van der Waals surface area (Å²) in [7, 11) is -4.20. The molecule has 0 aliphatic heterocycles. The van der Waals surface area contributed by atoms with Gasteiger partial charge in [-0.3, -0.25) is 14.8 Å². The van der Waals surface area contributed by atoms with Gasteiger partial charge in [-0.15, -0.1) is 0 Å². The van der Waals surface area contributed by atoms with Crippen molar-refractivity contribution in [1.29, 1.82) is 0 Å². The van der Waals surface area contributed by atoms with E-state index in [0.717, 1.165) is 12.1 Å². The van der Waals surface area contributed by atoms with Crippen molar-refractivity contribution in [1.82, 2.24) is 19.7 Å². The van der Waals surface area contributed by atoms with Gasteiger partial charge in [0.05, 0.1) is 15.5 Å². The molecule has 0 spiro atoms. The zero-order valence-corrected chi connectivity index (χ0v) is 14.1. The first-order valence-corrected chi connectivity index (χ1v) is 8.59. The van der Waals surface area contributed by atoms with Gasteiger partial charge in [-0.05, 0) is 30.7 Å². The van der Waals surface area contributed by atoms with Crippen LogP contribution in [0.4, 0.5) is 11.4 Å². The van der Waals surface area contributed by atoms with Crippen LogP contribution in [0.25, 0.3) is 5.82 Å². The van der Waals surface area contributed by atoms with Crippen molar-refractivity contribution in [2.24, 2.45) is 0 Å². The molecule has 0 aliphatic rings. The summed E-state index contributed by atoms with van der Waals surface area (Å²) < 4.78 is 29.1. The van der Waals surface area contributed by atoms with Crippen molar-refractivity contribution >= 4 is 21.4 Å². The largest absolute Gasteiger partial charge is 0.502 e. The molecular formula is C14H12N6O5S. The molecule has 0 saturated heterocycles. The minimum absolute atomic E-state index is 0.105. The van der Waals surface area contributed by atoms with Crippen molar-refractivity contribution in [3.05, 3.63) is 58.8 Å². The molecule has 0 fully saturated rings. The Kier molecular flexibility index (Phi) is 4.26. The number of hydrogen-bond acceptors (Lipinski definition) is 8. The van der Waals surface area contributed by atoms with Gasteiger partial charge >= 0.3 is 5.69 Å². The first-order chi connectivity index (χ1) is 12.3. The Morgan fingerprint density at radius 3 is 2.77 bits per heavy atom. The number of aryl methyl sites for hydroxylation is 1. The van der Waals surface area contributed by atoms with E-state index in [9.17, 15) is 23.6 Å². The number of aromatic nitrogens is 4. The average Bonchev–Trinajstić information content (AvgIpc) is 3.08. The Labute approximate surface area is 147 Å². The summed E-state index contributed by atoms with van der Waals surface area (Å²) in [6.07, 6.45) is 4.06. The van der Waals surface area contributed by atoms with Crippen LogP contribution >= 0.6 is 0 Å². The van der Waals surface area contributed by atoms with Crippen LogP contribution in [0.5, 0.6) is 5.75 Å². The number of sulfonamides is 1. The standard InChI is InChI=1S/C14H12N6O5S/c1-9-5-12(21)11(20(22)23)6-13(9)26(24,25)18-10-3-2-4-16-14(10)19-8-15-7-17-19/h2-8,18,21H,1H3. The quantitative estimate of drug-likeness (QED) is 0.500. The summed E-state index contributed by atoms with van der Waals surface area (Å²) in [6, 6.07) is 4.81. The molecular weight excluding hydrogens is 364 g/mol. The molecule has 0 radical (unpaired) electrons. The Morgan fingerprint density at radius 1 is 1.35 bits per heavy atom. The summed E-state index contributed by atoms with van der Waals surface area (Å²) in [5.74, 6) is -0.435. The highest BCUT2D eigenvalue weighted by Gasteiger charge is 2.25. The highest BCUT2D eigenvalue weighted by molar-refractivity contribution is 7.92. The fourth-order valence-electron chi connectivity index (χ4n) is 2.27. The molecule has 3 rings (SSSR count). The van der Waals surface area contributed by atoms with Crippen LogP contribution in [0.3, 0.4) is 0 Å². The number of aromatic hydroxyl groups is 1. The van der Waals surface area contributed by atoms with Crippen LogP contribution in [-0.2, 0) is 10.0 Å². The van der Waals surface area contributed by atoms with E-state index < -0.39 is 26.4 Å². The molecule has 3 aromatic rings. The molecule has 0 bridgehead atoms. The van der Waals surface area contributed by atoms with Gasteiger partial charge in [-0.25, -0.2) is 23.1 Å². The zero-order valence-electron chi connectivity index (χ0n) is 13.3.